The minimum atomic E-state index is 0.605. The van der Waals surface area contributed by atoms with E-state index in [4.69, 9.17) is 5.73 Å². The van der Waals surface area contributed by atoms with E-state index in [1.165, 1.54) is 0 Å². The second-order valence-electron chi connectivity index (χ2n) is 4.95. The minimum Gasteiger partial charge on any atom is -0.369 e. The molecule has 0 aliphatic rings. The van der Waals surface area contributed by atoms with E-state index in [1.54, 1.807) is 0 Å². The van der Waals surface area contributed by atoms with Gasteiger partial charge in [-0.05, 0) is 19.1 Å². The maximum atomic E-state index is 6.06. The van der Waals surface area contributed by atoms with Crippen LogP contribution in [0.5, 0.6) is 0 Å². The predicted octanol–water partition coefficient (Wildman–Crippen LogP) is 2.45. The molecule has 1 atom stereocenters. The number of aromatic nitrogens is 4. The summed E-state index contributed by atoms with van der Waals surface area (Å²) in [6.45, 7) is 5.29. The highest BCUT2D eigenvalue weighted by molar-refractivity contribution is 7.99. The third-order valence-corrected chi connectivity index (χ3v) is 4.51. The molecule has 1 unspecified atom stereocenters. The molecule has 0 saturated heterocycles. The molecule has 2 rings (SSSR count). The van der Waals surface area contributed by atoms with Crippen molar-refractivity contribution in [2.45, 2.75) is 44.9 Å². The van der Waals surface area contributed by atoms with Crippen LogP contribution in [0.15, 0.2) is 0 Å². The highest BCUT2D eigenvalue weighted by Gasteiger charge is 2.17. The lowest BCUT2D eigenvalue weighted by Crippen LogP contribution is -2.10. The second-order valence-corrected chi connectivity index (χ2v) is 6.23. The summed E-state index contributed by atoms with van der Waals surface area (Å²) in [5.41, 5.74) is 9.14. The van der Waals surface area contributed by atoms with Gasteiger partial charge in [0.2, 0.25) is 5.95 Å². The van der Waals surface area contributed by atoms with Crippen LogP contribution < -0.4 is 5.73 Å². The first-order valence-electron chi connectivity index (χ1n) is 6.78. The number of anilines is 1. The number of nitrogens with zero attached hydrogens (tertiary/aromatic N) is 4. The van der Waals surface area contributed by atoms with Gasteiger partial charge in [-0.1, -0.05) is 20.3 Å². The highest BCUT2D eigenvalue weighted by Crippen LogP contribution is 2.23. The molecule has 19 heavy (non-hydrogen) atoms. The van der Waals surface area contributed by atoms with Crippen LogP contribution in [-0.2, 0) is 20.0 Å². The molecule has 0 spiro atoms. The summed E-state index contributed by atoms with van der Waals surface area (Å²) in [4.78, 5) is 4.51. The van der Waals surface area contributed by atoms with Crippen LogP contribution >= 0.6 is 11.8 Å². The average molecular weight is 281 g/mol. The Morgan fingerprint density at radius 1 is 1.42 bits per heavy atom. The molecule has 0 aliphatic carbocycles. The van der Waals surface area contributed by atoms with Gasteiger partial charge in [0.05, 0.1) is 5.69 Å². The first-order valence-corrected chi connectivity index (χ1v) is 8.07. The maximum absolute atomic E-state index is 6.06. The number of fused-ring (bicyclic) bond motifs is 1. The standard InChI is InChI=1S/C13H23N5S/c1-5-6-10-11-12(17(3)16-10)18(13(14)15-11)8-7-9(2)19-4/h9H,5-8H2,1-4H3,(H2,14,15). The third kappa shape index (κ3) is 2.73. The van der Waals surface area contributed by atoms with Gasteiger partial charge in [-0.2, -0.15) is 16.9 Å². The fraction of sp³-hybridized carbons (Fsp3) is 0.692. The summed E-state index contributed by atoms with van der Waals surface area (Å²) in [7, 11) is 1.97. The molecule has 0 fully saturated rings. The molecule has 6 heteroatoms. The van der Waals surface area contributed by atoms with Crippen LogP contribution in [-0.4, -0.2) is 30.8 Å². The summed E-state index contributed by atoms with van der Waals surface area (Å²) in [5.74, 6) is 0.605. The van der Waals surface area contributed by atoms with Crippen molar-refractivity contribution in [3.8, 4) is 0 Å². The van der Waals surface area contributed by atoms with Crippen LogP contribution in [0, 0.1) is 0 Å². The zero-order chi connectivity index (χ0) is 14.0. The monoisotopic (exact) mass is 281 g/mol. The molecule has 0 radical (unpaired) electrons. The highest BCUT2D eigenvalue weighted by atomic mass is 32.2. The fourth-order valence-electron chi connectivity index (χ4n) is 2.31. The minimum absolute atomic E-state index is 0.605. The van der Waals surface area contributed by atoms with Crippen LogP contribution in [0.4, 0.5) is 5.95 Å². The zero-order valence-corrected chi connectivity index (χ0v) is 13.0. The lowest BCUT2D eigenvalue weighted by molar-refractivity contribution is 0.636. The van der Waals surface area contributed by atoms with E-state index in [0.717, 1.165) is 42.7 Å². The fourth-order valence-corrected chi connectivity index (χ4v) is 2.65. The van der Waals surface area contributed by atoms with E-state index in [0.29, 0.717) is 11.2 Å². The third-order valence-electron chi connectivity index (χ3n) is 3.47. The Morgan fingerprint density at radius 2 is 2.16 bits per heavy atom. The molecule has 106 valence electrons. The van der Waals surface area contributed by atoms with Crippen molar-refractivity contribution < 1.29 is 0 Å². The largest absolute Gasteiger partial charge is 0.369 e. The Bertz CT molecular complexity index is 557. The molecule has 2 N–H and O–H groups in total. The smallest absolute Gasteiger partial charge is 0.202 e. The second kappa shape index (κ2) is 5.86. The molecule has 2 heterocycles. The SMILES string of the molecule is CCCc1nn(C)c2c1nc(N)n2CCC(C)SC. The van der Waals surface area contributed by atoms with Crippen LogP contribution in [0.1, 0.15) is 32.4 Å². The number of imidazole rings is 1. The Hall–Kier alpha value is -1.17. The lowest BCUT2D eigenvalue weighted by atomic mass is 10.2. The van der Waals surface area contributed by atoms with Crippen molar-refractivity contribution >= 4 is 28.9 Å². The summed E-state index contributed by atoms with van der Waals surface area (Å²) in [5, 5.41) is 5.19. The lowest BCUT2D eigenvalue weighted by Gasteiger charge is -2.10. The zero-order valence-electron chi connectivity index (χ0n) is 12.2. The summed E-state index contributed by atoms with van der Waals surface area (Å²) in [6, 6.07) is 0. The van der Waals surface area contributed by atoms with Crippen molar-refractivity contribution in [2.75, 3.05) is 12.0 Å². The van der Waals surface area contributed by atoms with Gasteiger partial charge < -0.3 is 5.73 Å². The number of nitrogen functional groups attached to an aromatic ring is 1. The number of hydrogen-bond donors (Lipinski definition) is 1. The predicted molar refractivity (Wildman–Crippen MR) is 82.5 cm³/mol. The van der Waals surface area contributed by atoms with Crippen molar-refractivity contribution in [1.29, 1.82) is 0 Å². The molecular formula is C13H23N5S. The molecule has 2 aromatic rings. The Balaban J connectivity index is 2.35. The van der Waals surface area contributed by atoms with E-state index >= 15 is 0 Å². The quantitative estimate of drug-likeness (QED) is 0.883. The summed E-state index contributed by atoms with van der Waals surface area (Å²) < 4.78 is 4.00. The average Bonchev–Trinajstić information content (AvgIpc) is 2.86. The van der Waals surface area contributed by atoms with Crippen LogP contribution in [0.2, 0.25) is 0 Å². The summed E-state index contributed by atoms with van der Waals surface area (Å²) >= 11 is 1.88. The van der Waals surface area contributed by atoms with Gasteiger partial charge in [0.1, 0.15) is 5.52 Å². The Morgan fingerprint density at radius 3 is 2.79 bits per heavy atom. The Labute approximate surface area is 118 Å². The molecule has 0 saturated carbocycles. The van der Waals surface area contributed by atoms with E-state index in [9.17, 15) is 0 Å². The van der Waals surface area contributed by atoms with E-state index < -0.39 is 0 Å². The topological polar surface area (TPSA) is 61.7 Å². The van der Waals surface area contributed by atoms with Gasteiger partial charge in [0, 0.05) is 18.8 Å². The van der Waals surface area contributed by atoms with Gasteiger partial charge in [-0.15, -0.1) is 0 Å². The van der Waals surface area contributed by atoms with Gasteiger partial charge in [-0.3, -0.25) is 9.25 Å². The van der Waals surface area contributed by atoms with Crippen molar-refractivity contribution in [3.63, 3.8) is 0 Å². The number of hydrogen-bond acceptors (Lipinski definition) is 4. The number of nitrogens with two attached hydrogens (primary N) is 1. The van der Waals surface area contributed by atoms with Gasteiger partial charge >= 0.3 is 0 Å². The molecule has 5 nitrogen and oxygen atoms in total. The number of aryl methyl sites for hydroxylation is 3. The van der Waals surface area contributed by atoms with Crippen LogP contribution in [0.25, 0.3) is 11.2 Å². The van der Waals surface area contributed by atoms with Crippen LogP contribution in [0.3, 0.4) is 0 Å². The van der Waals surface area contributed by atoms with Crippen molar-refractivity contribution in [3.05, 3.63) is 5.69 Å². The van der Waals surface area contributed by atoms with E-state index in [-0.39, 0.29) is 0 Å². The van der Waals surface area contributed by atoms with E-state index in [2.05, 4.69) is 34.8 Å². The van der Waals surface area contributed by atoms with Gasteiger partial charge in [0.15, 0.2) is 5.65 Å². The first-order chi connectivity index (χ1) is 9.08. The van der Waals surface area contributed by atoms with Gasteiger partial charge in [-0.25, -0.2) is 4.98 Å². The van der Waals surface area contributed by atoms with E-state index in [1.807, 2.05) is 23.5 Å². The van der Waals surface area contributed by atoms with Crippen molar-refractivity contribution in [2.24, 2.45) is 7.05 Å². The summed E-state index contributed by atoms with van der Waals surface area (Å²) in [6.07, 6.45) is 5.25. The number of thioether (sulfide) groups is 1. The number of rotatable bonds is 6. The maximum Gasteiger partial charge on any atom is 0.202 e. The molecule has 0 amide bonds. The normalized spacial score (nSPS) is 13.3. The Kier molecular flexibility index (Phi) is 4.39. The molecule has 0 aliphatic heterocycles. The molecule has 0 aromatic carbocycles. The first kappa shape index (κ1) is 14.2. The van der Waals surface area contributed by atoms with Crippen molar-refractivity contribution in [1.82, 2.24) is 19.3 Å². The molecule has 2 aromatic heterocycles. The molecular weight excluding hydrogens is 258 g/mol. The molecule has 0 bridgehead atoms. The van der Waals surface area contributed by atoms with Gasteiger partial charge in [0.25, 0.3) is 0 Å².